The maximum absolute atomic E-state index is 11.8. The Morgan fingerprint density at radius 3 is 2.37 bits per heavy atom. The van der Waals surface area contributed by atoms with Crippen LogP contribution in [0.25, 0.3) is 0 Å². The van der Waals surface area contributed by atoms with E-state index in [1.165, 1.54) is 0 Å². The van der Waals surface area contributed by atoms with Crippen LogP contribution in [0.5, 0.6) is 0 Å². The molecule has 0 heterocycles. The lowest BCUT2D eigenvalue weighted by atomic mass is 9.82. The first-order valence-corrected chi connectivity index (χ1v) is 6.48. The minimum absolute atomic E-state index is 0.0928. The Bertz CT molecular complexity index is 444. The fraction of sp³-hybridized carbons (Fsp3) is 0.467. The molecule has 0 radical (unpaired) electrons. The summed E-state index contributed by atoms with van der Waals surface area (Å²) in [6.45, 7) is 5.48. The van der Waals surface area contributed by atoms with E-state index >= 15 is 0 Å². The highest BCUT2D eigenvalue weighted by atomic mass is 16.4. The van der Waals surface area contributed by atoms with Crippen molar-refractivity contribution in [3.8, 4) is 0 Å². The summed E-state index contributed by atoms with van der Waals surface area (Å²) in [4.78, 5) is 23.3. The van der Waals surface area contributed by atoms with Crippen molar-refractivity contribution in [2.45, 2.75) is 32.6 Å². The molecule has 0 aliphatic rings. The molecule has 0 saturated carbocycles. The smallest absolute Gasteiger partial charge is 0.315 e. The fourth-order valence-electron chi connectivity index (χ4n) is 1.73. The number of rotatable bonds is 6. The number of hydrogen-bond acceptors (Lipinski definition) is 2. The van der Waals surface area contributed by atoms with Crippen LogP contribution in [0.15, 0.2) is 30.3 Å². The zero-order valence-electron chi connectivity index (χ0n) is 11.6. The molecule has 2 unspecified atom stereocenters. The molecule has 4 nitrogen and oxygen atoms in total. The largest absolute Gasteiger partial charge is 0.481 e. The summed E-state index contributed by atoms with van der Waals surface area (Å²) in [5.41, 5.74) is -0.420. The van der Waals surface area contributed by atoms with Crippen molar-refractivity contribution in [2.75, 3.05) is 6.54 Å². The van der Waals surface area contributed by atoms with Crippen molar-refractivity contribution in [3.05, 3.63) is 35.9 Å². The third-order valence-electron chi connectivity index (χ3n) is 3.56. The van der Waals surface area contributed by atoms with Crippen molar-refractivity contribution in [1.82, 2.24) is 5.32 Å². The van der Waals surface area contributed by atoms with Gasteiger partial charge in [-0.15, -0.1) is 0 Å². The van der Waals surface area contributed by atoms with Crippen molar-refractivity contribution in [1.29, 1.82) is 0 Å². The van der Waals surface area contributed by atoms with Gasteiger partial charge < -0.3 is 10.4 Å². The molecule has 2 N–H and O–H groups in total. The van der Waals surface area contributed by atoms with Gasteiger partial charge in [-0.1, -0.05) is 44.2 Å². The molecule has 0 aromatic heterocycles. The number of hydrogen-bond donors (Lipinski definition) is 2. The first-order valence-electron chi connectivity index (χ1n) is 6.48. The Hall–Kier alpha value is -1.84. The van der Waals surface area contributed by atoms with Crippen LogP contribution < -0.4 is 5.32 Å². The van der Waals surface area contributed by atoms with E-state index in [9.17, 15) is 14.7 Å². The molecule has 1 aromatic carbocycles. The second kappa shape index (κ2) is 6.36. The van der Waals surface area contributed by atoms with Gasteiger partial charge in [0.15, 0.2) is 0 Å². The van der Waals surface area contributed by atoms with E-state index < -0.39 is 11.4 Å². The molecular formula is C15H21NO3. The summed E-state index contributed by atoms with van der Waals surface area (Å²) in [7, 11) is 0. The molecule has 19 heavy (non-hydrogen) atoms. The minimum atomic E-state index is -1.11. The standard InChI is InChI=1S/C15H21NO3/c1-4-11(2)13(17)16-10-15(3,14(18)19)12-8-6-5-7-9-12/h5-9,11H,4,10H2,1-3H3,(H,16,17)(H,18,19). The van der Waals surface area contributed by atoms with Gasteiger partial charge in [-0.05, 0) is 18.9 Å². The van der Waals surface area contributed by atoms with Gasteiger partial charge in [-0.2, -0.15) is 0 Å². The predicted molar refractivity (Wildman–Crippen MR) is 73.9 cm³/mol. The number of amides is 1. The van der Waals surface area contributed by atoms with Crippen LogP contribution in [0.1, 0.15) is 32.8 Å². The Balaban J connectivity index is 2.85. The Labute approximate surface area is 113 Å². The lowest BCUT2D eigenvalue weighted by Gasteiger charge is -2.26. The predicted octanol–water partition coefficient (Wildman–Crippen LogP) is 2.19. The third-order valence-corrected chi connectivity index (χ3v) is 3.56. The molecule has 0 bridgehead atoms. The Morgan fingerprint density at radius 2 is 1.89 bits per heavy atom. The molecule has 0 aliphatic heterocycles. The van der Waals surface area contributed by atoms with Gasteiger partial charge in [-0.3, -0.25) is 9.59 Å². The second-order valence-electron chi connectivity index (χ2n) is 5.03. The average Bonchev–Trinajstić information content (AvgIpc) is 2.44. The Morgan fingerprint density at radius 1 is 1.32 bits per heavy atom. The molecule has 0 fully saturated rings. The molecule has 0 saturated heterocycles. The van der Waals surface area contributed by atoms with Gasteiger partial charge in [0.2, 0.25) is 5.91 Å². The van der Waals surface area contributed by atoms with Crippen molar-refractivity contribution < 1.29 is 14.7 Å². The number of aliphatic carboxylic acids is 1. The quantitative estimate of drug-likeness (QED) is 0.826. The number of carboxylic acid groups (broad SMARTS) is 1. The van der Waals surface area contributed by atoms with E-state index in [-0.39, 0.29) is 18.4 Å². The van der Waals surface area contributed by atoms with Crippen LogP contribution in [0, 0.1) is 5.92 Å². The van der Waals surface area contributed by atoms with Gasteiger partial charge in [0.05, 0.1) is 0 Å². The monoisotopic (exact) mass is 263 g/mol. The van der Waals surface area contributed by atoms with Gasteiger partial charge in [0, 0.05) is 12.5 Å². The van der Waals surface area contributed by atoms with E-state index in [4.69, 9.17) is 0 Å². The van der Waals surface area contributed by atoms with E-state index in [1.807, 2.05) is 19.9 Å². The maximum atomic E-state index is 11.8. The topological polar surface area (TPSA) is 66.4 Å². The molecule has 4 heteroatoms. The average molecular weight is 263 g/mol. The molecular weight excluding hydrogens is 242 g/mol. The first kappa shape index (κ1) is 15.2. The van der Waals surface area contributed by atoms with Crippen molar-refractivity contribution in [2.24, 2.45) is 5.92 Å². The molecule has 1 aromatic rings. The molecule has 104 valence electrons. The highest BCUT2D eigenvalue weighted by Crippen LogP contribution is 2.23. The van der Waals surface area contributed by atoms with Crippen LogP contribution >= 0.6 is 0 Å². The molecule has 0 aliphatic carbocycles. The summed E-state index contributed by atoms with van der Waals surface area (Å²) in [5.74, 6) is -1.15. The zero-order valence-corrected chi connectivity index (χ0v) is 11.6. The highest BCUT2D eigenvalue weighted by molar-refractivity contribution is 5.83. The highest BCUT2D eigenvalue weighted by Gasteiger charge is 2.35. The lowest BCUT2D eigenvalue weighted by molar-refractivity contribution is -0.143. The fourth-order valence-corrected chi connectivity index (χ4v) is 1.73. The normalized spacial score (nSPS) is 15.3. The number of carbonyl (C=O) groups is 2. The van der Waals surface area contributed by atoms with Gasteiger partial charge >= 0.3 is 5.97 Å². The van der Waals surface area contributed by atoms with Crippen LogP contribution in [0.4, 0.5) is 0 Å². The van der Waals surface area contributed by atoms with Gasteiger partial charge in [-0.25, -0.2) is 0 Å². The van der Waals surface area contributed by atoms with Crippen molar-refractivity contribution >= 4 is 11.9 Å². The molecule has 0 spiro atoms. The summed E-state index contributed by atoms with van der Waals surface area (Å²) < 4.78 is 0. The summed E-state index contributed by atoms with van der Waals surface area (Å²) in [6, 6.07) is 8.97. The summed E-state index contributed by atoms with van der Waals surface area (Å²) in [5, 5.41) is 12.2. The lowest BCUT2D eigenvalue weighted by Crippen LogP contribution is -2.45. The minimum Gasteiger partial charge on any atom is -0.481 e. The molecule has 2 atom stereocenters. The van der Waals surface area contributed by atoms with E-state index in [1.54, 1.807) is 31.2 Å². The second-order valence-corrected chi connectivity index (χ2v) is 5.03. The maximum Gasteiger partial charge on any atom is 0.315 e. The van der Waals surface area contributed by atoms with Crippen LogP contribution in [-0.2, 0) is 15.0 Å². The van der Waals surface area contributed by atoms with E-state index in [0.29, 0.717) is 5.56 Å². The summed E-state index contributed by atoms with van der Waals surface area (Å²) >= 11 is 0. The van der Waals surface area contributed by atoms with E-state index in [2.05, 4.69) is 5.32 Å². The Kier molecular flexibility index (Phi) is 5.10. The van der Waals surface area contributed by atoms with Crippen LogP contribution in [-0.4, -0.2) is 23.5 Å². The number of benzene rings is 1. The van der Waals surface area contributed by atoms with E-state index in [0.717, 1.165) is 6.42 Å². The van der Waals surface area contributed by atoms with Gasteiger partial charge in [0.25, 0.3) is 0 Å². The molecule has 1 rings (SSSR count). The van der Waals surface area contributed by atoms with Crippen LogP contribution in [0.2, 0.25) is 0 Å². The summed E-state index contributed by atoms with van der Waals surface area (Å²) in [6.07, 6.45) is 0.737. The number of carbonyl (C=O) groups excluding carboxylic acids is 1. The van der Waals surface area contributed by atoms with Gasteiger partial charge in [0.1, 0.15) is 5.41 Å². The number of carboxylic acids is 1. The third kappa shape index (κ3) is 3.56. The SMILES string of the molecule is CCC(C)C(=O)NCC(C)(C(=O)O)c1ccccc1. The number of nitrogens with one attached hydrogen (secondary N) is 1. The zero-order chi connectivity index (χ0) is 14.5. The first-order chi connectivity index (χ1) is 8.91. The van der Waals surface area contributed by atoms with Crippen molar-refractivity contribution in [3.63, 3.8) is 0 Å². The van der Waals surface area contributed by atoms with Crippen LogP contribution in [0.3, 0.4) is 0 Å². The molecule has 1 amide bonds.